The third-order valence-corrected chi connectivity index (χ3v) is 6.38. The van der Waals surface area contributed by atoms with Crippen molar-refractivity contribution in [1.82, 2.24) is 4.98 Å². The Hall–Kier alpha value is -3.51. The van der Waals surface area contributed by atoms with Crippen molar-refractivity contribution in [2.45, 2.75) is 6.10 Å². The van der Waals surface area contributed by atoms with E-state index in [-0.39, 0.29) is 5.02 Å². The molecule has 7 heteroatoms. The second-order valence-corrected chi connectivity index (χ2v) is 8.89. The van der Waals surface area contributed by atoms with Crippen molar-refractivity contribution < 1.29 is 19.0 Å². The van der Waals surface area contributed by atoms with Gasteiger partial charge < -0.3 is 9.84 Å². The molecule has 1 N–H and O–H groups in total. The maximum atomic E-state index is 13.7. The minimum absolute atomic E-state index is 0.0243. The number of ether oxygens (including phenoxy) is 1. The van der Waals surface area contributed by atoms with E-state index >= 15 is 0 Å². The third kappa shape index (κ3) is 4.84. The fourth-order valence-electron chi connectivity index (χ4n) is 4.12. The molecule has 5 rings (SSSR count). The molecule has 174 valence electrons. The van der Waals surface area contributed by atoms with Gasteiger partial charge >= 0.3 is 5.97 Å². The van der Waals surface area contributed by atoms with Gasteiger partial charge in [-0.1, -0.05) is 71.8 Å². The Kier molecular flexibility index (Phi) is 6.39. The number of nitrogens with zero attached hydrogens (tertiary/aromatic N) is 1. The molecule has 0 aliphatic heterocycles. The number of carbonyl (C=O) groups is 1. The molecule has 0 bridgehead atoms. The highest BCUT2D eigenvalue weighted by Crippen LogP contribution is 2.39. The Bertz CT molecular complexity index is 1530. The van der Waals surface area contributed by atoms with Crippen molar-refractivity contribution in [1.29, 1.82) is 0 Å². The standard InChI is InChI=1S/C28H18Cl2FNO3/c29-22-3-1-2-18-8-7-17-6-4-16(12-21(17)28(27(18)22)35-15-26(33)34)5-10-20-11-9-19-13-24(31)23(30)14-25(19)32-20/h1-14,28H,15H2,(H,33,34)/b10-5+. The molecule has 0 saturated heterocycles. The number of hydrogen-bond donors (Lipinski definition) is 1. The molecular weight excluding hydrogens is 488 g/mol. The monoisotopic (exact) mass is 505 g/mol. The van der Waals surface area contributed by atoms with E-state index in [0.717, 1.165) is 27.8 Å². The number of halogens is 3. The lowest BCUT2D eigenvalue weighted by molar-refractivity contribution is -0.143. The summed E-state index contributed by atoms with van der Waals surface area (Å²) < 4.78 is 19.5. The fourth-order valence-corrected chi connectivity index (χ4v) is 4.56. The van der Waals surface area contributed by atoms with Crippen LogP contribution in [0.2, 0.25) is 10.0 Å². The highest BCUT2D eigenvalue weighted by Gasteiger charge is 2.25. The maximum absolute atomic E-state index is 13.7. The number of pyridine rings is 1. The summed E-state index contributed by atoms with van der Waals surface area (Å²) in [5.41, 5.74) is 5.47. The van der Waals surface area contributed by atoms with Crippen molar-refractivity contribution >= 4 is 64.4 Å². The summed E-state index contributed by atoms with van der Waals surface area (Å²) in [7, 11) is 0. The van der Waals surface area contributed by atoms with Crippen LogP contribution in [0.15, 0.2) is 60.7 Å². The summed E-state index contributed by atoms with van der Waals surface area (Å²) in [6, 6.07) is 17.9. The summed E-state index contributed by atoms with van der Waals surface area (Å²) in [4.78, 5) is 15.8. The van der Waals surface area contributed by atoms with E-state index in [2.05, 4.69) is 4.98 Å². The van der Waals surface area contributed by atoms with E-state index in [1.165, 1.54) is 12.1 Å². The average molecular weight is 506 g/mol. The number of aliphatic carboxylic acids is 1. The van der Waals surface area contributed by atoms with Gasteiger partial charge in [0.1, 0.15) is 18.5 Å². The number of fused-ring (bicyclic) bond motifs is 3. The molecule has 0 spiro atoms. The highest BCUT2D eigenvalue weighted by atomic mass is 35.5. The van der Waals surface area contributed by atoms with Crippen LogP contribution in [0.4, 0.5) is 4.39 Å². The normalized spacial score (nSPS) is 14.7. The Morgan fingerprint density at radius 2 is 1.83 bits per heavy atom. The first-order valence-electron chi connectivity index (χ1n) is 10.8. The molecule has 1 aromatic heterocycles. The maximum Gasteiger partial charge on any atom is 0.329 e. The van der Waals surface area contributed by atoms with Crippen LogP contribution in [0.25, 0.3) is 35.2 Å². The molecule has 1 atom stereocenters. The Labute approximate surface area is 210 Å². The summed E-state index contributed by atoms with van der Waals surface area (Å²) in [6.45, 7) is -0.459. The molecule has 0 radical (unpaired) electrons. The number of rotatable bonds is 5. The smallest absolute Gasteiger partial charge is 0.329 e. The van der Waals surface area contributed by atoms with E-state index < -0.39 is 24.5 Å². The quantitative estimate of drug-likeness (QED) is 0.304. The van der Waals surface area contributed by atoms with Crippen molar-refractivity contribution in [2.75, 3.05) is 6.61 Å². The van der Waals surface area contributed by atoms with E-state index in [0.29, 0.717) is 21.6 Å². The minimum Gasteiger partial charge on any atom is -0.480 e. The molecule has 3 aromatic carbocycles. The largest absolute Gasteiger partial charge is 0.480 e. The van der Waals surface area contributed by atoms with Gasteiger partial charge in [-0.3, -0.25) is 0 Å². The molecule has 1 heterocycles. The van der Waals surface area contributed by atoms with Gasteiger partial charge in [0.15, 0.2) is 0 Å². The van der Waals surface area contributed by atoms with Gasteiger partial charge in [0.05, 0.1) is 16.2 Å². The van der Waals surface area contributed by atoms with Crippen LogP contribution in [0.1, 0.15) is 39.6 Å². The molecule has 0 saturated carbocycles. The minimum atomic E-state index is -1.06. The fraction of sp³-hybridized carbons (Fsp3) is 0.0714. The van der Waals surface area contributed by atoms with Crippen LogP contribution < -0.4 is 0 Å². The molecule has 1 unspecified atom stereocenters. The number of aromatic nitrogens is 1. The van der Waals surface area contributed by atoms with E-state index in [4.69, 9.17) is 27.9 Å². The molecule has 4 nitrogen and oxygen atoms in total. The van der Waals surface area contributed by atoms with Gasteiger partial charge in [-0.05, 0) is 58.7 Å². The summed E-state index contributed by atoms with van der Waals surface area (Å²) in [5.74, 6) is -1.54. The van der Waals surface area contributed by atoms with Gasteiger partial charge in [-0.2, -0.15) is 0 Å². The van der Waals surface area contributed by atoms with Crippen LogP contribution in [0.5, 0.6) is 0 Å². The molecule has 1 aliphatic carbocycles. The Morgan fingerprint density at radius 1 is 1.00 bits per heavy atom. The third-order valence-electron chi connectivity index (χ3n) is 5.76. The zero-order chi connectivity index (χ0) is 24.5. The van der Waals surface area contributed by atoms with Crippen LogP contribution in [0.3, 0.4) is 0 Å². The Morgan fingerprint density at radius 3 is 2.66 bits per heavy atom. The summed E-state index contributed by atoms with van der Waals surface area (Å²) in [6.07, 6.45) is 7.02. The average Bonchev–Trinajstić information content (AvgIpc) is 2.99. The molecule has 0 amide bonds. The highest BCUT2D eigenvalue weighted by molar-refractivity contribution is 6.32. The molecule has 0 fully saturated rings. The van der Waals surface area contributed by atoms with Crippen molar-refractivity contribution in [2.24, 2.45) is 0 Å². The van der Waals surface area contributed by atoms with E-state index in [9.17, 15) is 14.3 Å². The van der Waals surface area contributed by atoms with Gasteiger partial charge in [-0.15, -0.1) is 0 Å². The number of benzene rings is 3. The van der Waals surface area contributed by atoms with Crippen LogP contribution in [-0.2, 0) is 9.53 Å². The predicted octanol–water partition coefficient (Wildman–Crippen LogP) is 7.53. The van der Waals surface area contributed by atoms with Crippen LogP contribution >= 0.6 is 23.2 Å². The number of carboxylic acid groups (broad SMARTS) is 1. The zero-order valence-electron chi connectivity index (χ0n) is 18.2. The topological polar surface area (TPSA) is 59.4 Å². The van der Waals surface area contributed by atoms with Gasteiger partial charge in [-0.25, -0.2) is 14.2 Å². The Balaban J connectivity index is 1.52. The lowest BCUT2D eigenvalue weighted by atomic mass is 9.94. The SMILES string of the molecule is O=C(O)COC1c2cc(/C=C/c3ccc4cc(F)c(Cl)cc4n3)ccc2C=Cc2cccc(Cl)c21. The van der Waals surface area contributed by atoms with Crippen LogP contribution in [-0.4, -0.2) is 22.7 Å². The van der Waals surface area contributed by atoms with E-state index in [1.54, 1.807) is 18.2 Å². The second-order valence-electron chi connectivity index (χ2n) is 8.08. The lowest BCUT2D eigenvalue weighted by Crippen LogP contribution is -2.15. The van der Waals surface area contributed by atoms with Crippen molar-refractivity contribution in [3.05, 3.63) is 110 Å². The first-order valence-corrected chi connectivity index (χ1v) is 11.5. The molecule has 1 aliphatic rings. The van der Waals surface area contributed by atoms with Gasteiger partial charge in [0.2, 0.25) is 0 Å². The molecule has 4 aromatic rings. The van der Waals surface area contributed by atoms with Gasteiger partial charge in [0, 0.05) is 16.0 Å². The molecule has 35 heavy (non-hydrogen) atoms. The predicted molar refractivity (Wildman–Crippen MR) is 138 cm³/mol. The number of hydrogen-bond acceptors (Lipinski definition) is 3. The van der Waals surface area contributed by atoms with Crippen LogP contribution in [0, 0.1) is 5.82 Å². The first kappa shape index (κ1) is 23.2. The van der Waals surface area contributed by atoms with Crippen molar-refractivity contribution in [3.63, 3.8) is 0 Å². The van der Waals surface area contributed by atoms with E-state index in [1.807, 2.05) is 54.6 Å². The second kappa shape index (κ2) is 9.62. The summed E-state index contributed by atoms with van der Waals surface area (Å²) >= 11 is 12.4. The first-order chi connectivity index (χ1) is 16.9. The van der Waals surface area contributed by atoms with Crippen molar-refractivity contribution in [3.8, 4) is 0 Å². The van der Waals surface area contributed by atoms with Gasteiger partial charge in [0.25, 0.3) is 0 Å². The zero-order valence-corrected chi connectivity index (χ0v) is 19.7. The lowest BCUT2D eigenvalue weighted by Gasteiger charge is -2.21. The number of carboxylic acids is 1. The summed E-state index contributed by atoms with van der Waals surface area (Å²) in [5, 5.41) is 10.4. The molecular formula is C28H18Cl2FNO3.